The Morgan fingerprint density at radius 2 is 2.11 bits per heavy atom. The number of nitrogens with zero attached hydrogens (tertiary/aromatic N) is 8. The first kappa shape index (κ1) is 17.1. The van der Waals surface area contributed by atoms with Crippen LogP contribution in [0.4, 0.5) is 0 Å². The van der Waals surface area contributed by atoms with Crippen molar-refractivity contribution in [3.63, 3.8) is 0 Å². The van der Waals surface area contributed by atoms with Crippen LogP contribution in [0.1, 0.15) is 37.4 Å². The molecule has 0 N–H and O–H groups in total. The third-order valence-corrected chi connectivity index (χ3v) is 5.36. The Kier molecular flexibility index (Phi) is 3.83. The molecular formula is C17H17ClN8O2. The van der Waals surface area contributed by atoms with Crippen LogP contribution in [0, 0.1) is 0 Å². The predicted octanol–water partition coefficient (Wildman–Crippen LogP) is 2.58. The van der Waals surface area contributed by atoms with Crippen molar-refractivity contribution in [1.82, 2.24) is 40.0 Å². The van der Waals surface area contributed by atoms with Gasteiger partial charge in [0.25, 0.3) is 0 Å². The monoisotopic (exact) mass is 400 g/mol. The van der Waals surface area contributed by atoms with Gasteiger partial charge >= 0.3 is 0 Å². The molecule has 4 aromatic heterocycles. The lowest BCUT2D eigenvalue weighted by Gasteiger charge is -2.39. The van der Waals surface area contributed by atoms with Crippen molar-refractivity contribution in [3.8, 4) is 17.4 Å². The number of hydrogen-bond donors (Lipinski definition) is 0. The molecule has 0 atom stereocenters. The summed E-state index contributed by atoms with van der Waals surface area (Å²) in [6.45, 7) is 2.48. The van der Waals surface area contributed by atoms with Gasteiger partial charge < -0.3 is 9.26 Å². The van der Waals surface area contributed by atoms with Crippen molar-refractivity contribution in [3.05, 3.63) is 34.8 Å². The first-order valence-corrected chi connectivity index (χ1v) is 9.27. The van der Waals surface area contributed by atoms with Crippen molar-refractivity contribution in [2.75, 3.05) is 0 Å². The maximum absolute atomic E-state index is 6.06. The lowest BCUT2D eigenvalue weighted by molar-refractivity contribution is 0.235. The normalized spacial score (nSPS) is 15.7. The molecule has 1 aliphatic rings. The Morgan fingerprint density at radius 1 is 1.25 bits per heavy atom. The van der Waals surface area contributed by atoms with E-state index < -0.39 is 0 Å². The zero-order valence-electron chi connectivity index (χ0n) is 15.3. The van der Waals surface area contributed by atoms with Crippen LogP contribution in [-0.2, 0) is 19.1 Å². The standard InChI is InChI=1S/C17H17ClN8O2/c1-17(4-3-5-17)11-6-14-20-21-15(12-7-13(18)28-23-12)26(14)22-16(11)27-9-10-8-25(2)24-19-10/h6-8H,3-5,9H2,1-2H3. The van der Waals surface area contributed by atoms with Crippen LogP contribution in [0.25, 0.3) is 17.2 Å². The number of hydrogen-bond acceptors (Lipinski definition) is 8. The van der Waals surface area contributed by atoms with Crippen LogP contribution in [0.5, 0.6) is 5.88 Å². The summed E-state index contributed by atoms with van der Waals surface area (Å²) >= 11 is 5.84. The molecule has 28 heavy (non-hydrogen) atoms. The van der Waals surface area contributed by atoms with Gasteiger partial charge in [-0.1, -0.05) is 23.7 Å². The maximum Gasteiger partial charge on any atom is 0.236 e. The molecule has 0 radical (unpaired) electrons. The fourth-order valence-corrected chi connectivity index (χ4v) is 3.59. The van der Waals surface area contributed by atoms with Crippen molar-refractivity contribution in [2.45, 2.75) is 38.2 Å². The molecule has 1 saturated carbocycles. The van der Waals surface area contributed by atoms with Gasteiger partial charge in [0.2, 0.25) is 16.9 Å². The highest BCUT2D eigenvalue weighted by Crippen LogP contribution is 2.46. The molecule has 10 nitrogen and oxygen atoms in total. The van der Waals surface area contributed by atoms with Crippen LogP contribution in [0.15, 0.2) is 22.9 Å². The first-order chi connectivity index (χ1) is 13.5. The van der Waals surface area contributed by atoms with Gasteiger partial charge in [0.1, 0.15) is 12.3 Å². The maximum atomic E-state index is 6.06. The topological polar surface area (TPSA) is 109 Å². The molecule has 0 saturated heterocycles. The highest BCUT2D eigenvalue weighted by atomic mass is 35.5. The second-order valence-electron chi connectivity index (χ2n) is 7.26. The Bertz CT molecular complexity index is 1160. The number of aryl methyl sites for hydroxylation is 1. The van der Waals surface area contributed by atoms with E-state index in [-0.39, 0.29) is 17.2 Å². The molecule has 144 valence electrons. The molecule has 0 bridgehead atoms. The summed E-state index contributed by atoms with van der Waals surface area (Å²) in [5.41, 5.74) is 2.82. The molecule has 0 spiro atoms. The largest absolute Gasteiger partial charge is 0.470 e. The van der Waals surface area contributed by atoms with E-state index in [0.29, 0.717) is 23.0 Å². The molecule has 1 fully saturated rings. The van der Waals surface area contributed by atoms with Crippen molar-refractivity contribution >= 4 is 17.2 Å². The van der Waals surface area contributed by atoms with Gasteiger partial charge in [-0.3, -0.25) is 4.68 Å². The Labute approximate surface area is 164 Å². The molecule has 1 aliphatic carbocycles. The average Bonchev–Trinajstić information content (AvgIpc) is 3.36. The minimum absolute atomic E-state index is 0.00968. The summed E-state index contributed by atoms with van der Waals surface area (Å²) in [6, 6.07) is 3.55. The van der Waals surface area contributed by atoms with E-state index in [2.05, 4.69) is 37.7 Å². The zero-order valence-corrected chi connectivity index (χ0v) is 16.1. The van der Waals surface area contributed by atoms with Gasteiger partial charge in [-0.2, -0.15) is 4.52 Å². The van der Waals surface area contributed by atoms with Gasteiger partial charge in [-0.05, 0) is 35.9 Å². The number of halogens is 1. The fraction of sp³-hybridized carbons (Fsp3) is 0.412. The van der Waals surface area contributed by atoms with E-state index in [1.54, 1.807) is 15.3 Å². The third kappa shape index (κ3) is 2.80. The Balaban J connectivity index is 1.58. The smallest absolute Gasteiger partial charge is 0.236 e. The van der Waals surface area contributed by atoms with E-state index >= 15 is 0 Å². The molecule has 4 heterocycles. The van der Waals surface area contributed by atoms with E-state index in [1.165, 1.54) is 6.42 Å². The fourth-order valence-electron chi connectivity index (χ4n) is 3.45. The summed E-state index contributed by atoms with van der Waals surface area (Å²) in [5.74, 6) is 0.955. The molecule has 5 rings (SSSR count). The lowest BCUT2D eigenvalue weighted by atomic mass is 9.66. The van der Waals surface area contributed by atoms with E-state index in [1.807, 2.05) is 19.3 Å². The minimum atomic E-state index is 0.00968. The van der Waals surface area contributed by atoms with Crippen molar-refractivity contribution < 1.29 is 9.26 Å². The number of aromatic nitrogens is 8. The summed E-state index contributed by atoms with van der Waals surface area (Å²) in [7, 11) is 1.81. The van der Waals surface area contributed by atoms with Gasteiger partial charge in [-0.15, -0.1) is 20.4 Å². The van der Waals surface area contributed by atoms with Crippen molar-refractivity contribution in [2.24, 2.45) is 7.05 Å². The van der Waals surface area contributed by atoms with E-state index in [4.69, 9.17) is 20.9 Å². The third-order valence-electron chi connectivity index (χ3n) is 5.18. The molecular weight excluding hydrogens is 384 g/mol. The van der Waals surface area contributed by atoms with Crippen LogP contribution < -0.4 is 4.74 Å². The van der Waals surface area contributed by atoms with Crippen LogP contribution in [0.3, 0.4) is 0 Å². The lowest BCUT2D eigenvalue weighted by Crippen LogP contribution is -2.31. The molecule has 11 heteroatoms. The summed E-state index contributed by atoms with van der Waals surface area (Å²) in [5, 5.41) is 25.2. The highest BCUT2D eigenvalue weighted by Gasteiger charge is 2.37. The van der Waals surface area contributed by atoms with Gasteiger partial charge in [0.15, 0.2) is 11.3 Å². The minimum Gasteiger partial charge on any atom is -0.470 e. The predicted molar refractivity (Wildman–Crippen MR) is 97.8 cm³/mol. The second-order valence-corrected chi connectivity index (χ2v) is 7.63. The Morgan fingerprint density at radius 3 is 2.75 bits per heavy atom. The van der Waals surface area contributed by atoms with Gasteiger partial charge in [0, 0.05) is 18.7 Å². The average molecular weight is 401 g/mol. The zero-order chi connectivity index (χ0) is 19.3. The van der Waals surface area contributed by atoms with Gasteiger partial charge in [0.05, 0.1) is 6.20 Å². The van der Waals surface area contributed by atoms with Crippen LogP contribution in [0.2, 0.25) is 5.22 Å². The quantitative estimate of drug-likeness (QED) is 0.502. The molecule has 0 amide bonds. The highest BCUT2D eigenvalue weighted by molar-refractivity contribution is 6.29. The molecule has 0 aliphatic heterocycles. The van der Waals surface area contributed by atoms with Crippen LogP contribution >= 0.6 is 11.6 Å². The summed E-state index contributed by atoms with van der Waals surface area (Å²) < 4.78 is 14.2. The Hall–Kier alpha value is -3.01. The van der Waals surface area contributed by atoms with Gasteiger partial charge in [-0.25, -0.2) is 0 Å². The SMILES string of the molecule is Cn1cc(COc2nn3c(-c4cc(Cl)on4)nnc3cc2C2(C)CCC2)nn1. The number of rotatable bonds is 5. The van der Waals surface area contributed by atoms with Crippen molar-refractivity contribution in [1.29, 1.82) is 0 Å². The number of ether oxygens (including phenoxy) is 1. The van der Waals surface area contributed by atoms with E-state index in [0.717, 1.165) is 24.1 Å². The molecule has 4 aromatic rings. The molecule has 0 aromatic carbocycles. The van der Waals surface area contributed by atoms with E-state index in [9.17, 15) is 0 Å². The summed E-state index contributed by atoms with van der Waals surface area (Å²) in [6.07, 6.45) is 5.14. The van der Waals surface area contributed by atoms with Crippen LogP contribution in [-0.4, -0.2) is 40.0 Å². The first-order valence-electron chi connectivity index (χ1n) is 8.89. The number of fused-ring (bicyclic) bond motifs is 1. The molecule has 0 unspecified atom stereocenters. The summed E-state index contributed by atoms with van der Waals surface area (Å²) in [4.78, 5) is 0. The second kappa shape index (κ2) is 6.26.